The first-order chi connectivity index (χ1) is 9.69. The summed E-state index contributed by atoms with van der Waals surface area (Å²) in [5.41, 5.74) is 2.37. The highest BCUT2D eigenvalue weighted by atomic mass is 79.9. The molecule has 3 rings (SSSR count). The topological polar surface area (TPSA) is 30.2 Å². The van der Waals surface area contributed by atoms with Crippen LogP contribution in [0.15, 0.2) is 57.7 Å². The summed E-state index contributed by atoms with van der Waals surface area (Å²) >= 11 is 9.29. The predicted molar refractivity (Wildman–Crippen MR) is 85.6 cm³/mol. The van der Waals surface area contributed by atoms with Gasteiger partial charge in [0.25, 0.3) is 0 Å². The van der Waals surface area contributed by atoms with Gasteiger partial charge in [-0.3, -0.25) is 4.79 Å². The van der Waals surface area contributed by atoms with Crippen LogP contribution in [0.2, 0.25) is 5.02 Å². The standard InChI is InChI=1S/C16H10BrClO2/c17-9-11-2-1-3-13-14(19)8-15(20-16(11)13)10-4-6-12(18)7-5-10/h1-8H,9H2. The highest BCUT2D eigenvalue weighted by Gasteiger charge is 2.09. The highest BCUT2D eigenvalue weighted by molar-refractivity contribution is 9.08. The lowest BCUT2D eigenvalue weighted by molar-refractivity contribution is 0.616. The van der Waals surface area contributed by atoms with Crippen molar-refractivity contribution >= 4 is 38.5 Å². The van der Waals surface area contributed by atoms with Crippen LogP contribution < -0.4 is 5.43 Å². The predicted octanol–water partition coefficient (Wildman–Crippen LogP) is 5.01. The van der Waals surface area contributed by atoms with E-state index in [0.717, 1.165) is 11.1 Å². The van der Waals surface area contributed by atoms with E-state index in [9.17, 15) is 4.79 Å². The Morgan fingerprint density at radius 2 is 1.85 bits per heavy atom. The summed E-state index contributed by atoms with van der Waals surface area (Å²) < 4.78 is 5.92. The fraction of sp³-hybridized carbons (Fsp3) is 0.0625. The van der Waals surface area contributed by atoms with Crippen LogP contribution in [0.5, 0.6) is 0 Å². The van der Waals surface area contributed by atoms with Gasteiger partial charge in [-0.15, -0.1) is 0 Å². The molecule has 0 bridgehead atoms. The van der Waals surface area contributed by atoms with Crippen LogP contribution in [0.1, 0.15) is 5.56 Å². The first-order valence-corrected chi connectivity index (χ1v) is 7.56. The van der Waals surface area contributed by atoms with Gasteiger partial charge in [0.1, 0.15) is 11.3 Å². The quantitative estimate of drug-likeness (QED) is 0.609. The van der Waals surface area contributed by atoms with Gasteiger partial charge >= 0.3 is 0 Å². The van der Waals surface area contributed by atoms with Crippen molar-refractivity contribution in [3.63, 3.8) is 0 Å². The van der Waals surface area contributed by atoms with Gasteiger partial charge in [0.15, 0.2) is 5.43 Å². The van der Waals surface area contributed by atoms with Crippen molar-refractivity contribution < 1.29 is 4.42 Å². The lowest BCUT2D eigenvalue weighted by atomic mass is 10.1. The second kappa shape index (κ2) is 5.43. The first kappa shape index (κ1) is 13.4. The van der Waals surface area contributed by atoms with Gasteiger partial charge in [0, 0.05) is 27.5 Å². The Balaban J connectivity index is 2.28. The SMILES string of the molecule is O=c1cc(-c2ccc(Cl)cc2)oc2c(CBr)cccc12. The third-order valence-electron chi connectivity index (χ3n) is 3.11. The fourth-order valence-electron chi connectivity index (χ4n) is 2.10. The molecule has 1 aromatic heterocycles. The molecule has 2 nitrogen and oxygen atoms in total. The molecule has 0 aliphatic carbocycles. The van der Waals surface area contributed by atoms with E-state index in [1.54, 1.807) is 18.2 Å². The molecule has 100 valence electrons. The van der Waals surface area contributed by atoms with Crippen molar-refractivity contribution in [1.29, 1.82) is 0 Å². The highest BCUT2D eigenvalue weighted by Crippen LogP contribution is 2.26. The zero-order chi connectivity index (χ0) is 14.1. The summed E-state index contributed by atoms with van der Waals surface area (Å²) in [5, 5.41) is 1.88. The molecule has 1 heterocycles. The Morgan fingerprint density at radius 3 is 2.55 bits per heavy atom. The van der Waals surface area contributed by atoms with E-state index in [1.165, 1.54) is 6.07 Å². The molecule has 0 amide bonds. The maximum atomic E-state index is 12.2. The number of hydrogen-bond acceptors (Lipinski definition) is 2. The Morgan fingerprint density at radius 1 is 1.10 bits per heavy atom. The zero-order valence-electron chi connectivity index (χ0n) is 10.4. The Hall–Kier alpha value is -1.58. The molecule has 0 radical (unpaired) electrons. The minimum absolute atomic E-state index is 0.0426. The van der Waals surface area contributed by atoms with E-state index in [4.69, 9.17) is 16.0 Å². The molecule has 0 aliphatic rings. The molecule has 0 aliphatic heterocycles. The third-order valence-corrected chi connectivity index (χ3v) is 3.97. The van der Waals surface area contributed by atoms with Crippen LogP contribution in [0.4, 0.5) is 0 Å². The van der Waals surface area contributed by atoms with Gasteiger partial charge in [0.05, 0.1) is 5.39 Å². The van der Waals surface area contributed by atoms with Crippen LogP contribution in [-0.4, -0.2) is 0 Å². The van der Waals surface area contributed by atoms with Gasteiger partial charge in [-0.05, 0) is 30.3 Å². The van der Waals surface area contributed by atoms with Crippen molar-refractivity contribution in [3.8, 4) is 11.3 Å². The summed E-state index contributed by atoms with van der Waals surface area (Å²) in [7, 11) is 0. The maximum absolute atomic E-state index is 12.2. The largest absolute Gasteiger partial charge is 0.455 e. The molecule has 20 heavy (non-hydrogen) atoms. The summed E-state index contributed by atoms with van der Waals surface area (Å²) in [6.45, 7) is 0. The van der Waals surface area contributed by atoms with Crippen LogP contribution in [0.3, 0.4) is 0 Å². The smallest absolute Gasteiger partial charge is 0.193 e. The summed E-state index contributed by atoms with van der Waals surface area (Å²) in [6, 6.07) is 14.3. The van der Waals surface area contributed by atoms with Crippen LogP contribution in [0.25, 0.3) is 22.3 Å². The second-order valence-electron chi connectivity index (χ2n) is 4.41. The number of para-hydroxylation sites is 1. The van der Waals surface area contributed by atoms with Crippen molar-refractivity contribution in [2.75, 3.05) is 0 Å². The molecule has 3 aromatic rings. The van der Waals surface area contributed by atoms with E-state index in [1.807, 2.05) is 24.3 Å². The normalized spacial score (nSPS) is 10.9. The first-order valence-electron chi connectivity index (χ1n) is 6.06. The lowest BCUT2D eigenvalue weighted by Gasteiger charge is -2.06. The maximum Gasteiger partial charge on any atom is 0.193 e. The number of rotatable bonds is 2. The molecule has 0 atom stereocenters. The molecule has 0 spiro atoms. The molecule has 0 unspecified atom stereocenters. The van der Waals surface area contributed by atoms with Crippen molar-refractivity contribution in [1.82, 2.24) is 0 Å². The third kappa shape index (κ3) is 2.39. The molecule has 2 aromatic carbocycles. The summed E-state index contributed by atoms with van der Waals surface area (Å²) in [5.74, 6) is 0.549. The molecule has 0 saturated carbocycles. The van der Waals surface area contributed by atoms with Gasteiger partial charge in [0.2, 0.25) is 0 Å². The van der Waals surface area contributed by atoms with Gasteiger partial charge < -0.3 is 4.42 Å². The molecule has 4 heteroatoms. The molecular formula is C16H10BrClO2. The number of alkyl halides is 1. The van der Waals surface area contributed by atoms with Gasteiger partial charge in [-0.2, -0.15) is 0 Å². The number of halogens is 2. The van der Waals surface area contributed by atoms with Gasteiger partial charge in [-0.25, -0.2) is 0 Å². The Bertz CT molecular complexity index is 822. The summed E-state index contributed by atoms with van der Waals surface area (Å²) in [4.78, 5) is 12.2. The summed E-state index contributed by atoms with van der Waals surface area (Å²) in [6.07, 6.45) is 0. The van der Waals surface area contributed by atoms with E-state index in [-0.39, 0.29) is 5.43 Å². The van der Waals surface area contributed by atoms with Gasteiger partial charge in [-0.1, -0.05) is 39.7 Å². The van der Waals surface area contributed by atoms with Crippen molar-refractivity contribution in [2.45, 2.75) is 5.33 Å². The van der Waals surface area contributed by atoms with E-state index < -0.39 is 0 Å². The minimum atomic E-state index is -0.0426. The zero-order valence-corrected chi connectivity index (χ0v) is 12.7. The van der Waals surface area contributed by atoms with Crippen LogP contribution >= 0.6 is 27.5 Å². The van der Waals surface area contributed by atoms with Crippen molar-refractivity contribution in [3.05, 3.63) is 69.3 Å². The molecule has 0 fully saturated rings. The van der Waals surface area contributed by atoms with E-state index >= 15 is 0 Å². The number of hydrogen-bond donors (Lipinski definition) is 0. The van der Waals surface area contributed by atoms with Crippen LogP contribution in [-0.2, 0) is 5.33 Å². The average Bonchev–Trinajstić information content (AvgIpc) is 2.47. The Labute approximate surface area is 129 Å². The van der Waals surface area contributed by atoms with Crippen LogP contribution in [0, 0.1) is 0 Å². The van der Waals surface area contributed by atoms with E-state index in [2.05, 4.69) is 15.9 Å². The minimum Gasteiger partial charge on any atom is -0.455 e. The van der Waals surface area contributed by atoms with Crippen molar-refractivity contribution in [2.24, 2.45) is 0 Å². The van der Waals surface area contributed by atoms with E-state index in [0.29, 0.717) is 27.1 Å². The lowest BCUT2D eigenvalue weighted by Crippen LogP contribution is -2.01. The number of benzene rings is 2. The fourth-order valence-corrected chi connectivity index (χ4v) is 2.66. The number of fused-ring (bicyclic) bond motifs is 1. The average molecular weight is 350 g/mol. The molecule has 0 saturated heterocycles. The second-order valence-corrected chi connectivity index (χ2v) is 5.41. The Kier molecular flexibility index (Phi) is 3.64. The molecular weight excluding hydrogens is 340 g/mol. The molecule has 0 N–H and O–H groups in total. The monoisotopic (exact) mass is 348 g/mol.